The van der Waals surface area contributed by atoms with E-state index in [0.29, 0.717) is 49.3 Å². The molecule has 1 aliphatic rings. The predicted octanol–water partition coefficient (Wildman–Crippen LogP) is 2.30. The van der Waals surface area contributed by atoms with Crippen LogP contribution >= 0.6 is 0 Å². The van der Waals surface area contributed by atoms with E-state index in [4.69, 9.17) is 4.98 Å². The molecule has 1 fully saturated rings. The van der Waals surface area contributed by atoms with E-state index >= 15 is 0 Å². The van der Waals surface area contributed by atoms with Gasteiger partial charge >= 0.3 is 6.09 Å². The second-order valence-electron chi connectivity index (χ2n) is 8.41. The largest absolute Gasteiger partial charge is 0.465 e. The number of anilines is 3. The van der Waals surface area contributed by atoms with E-state index in [1.807, 2.05) is 36.2 Å². The van der Waals surface area contributed by atoms with Crippen molar-refractivity contribution in [3.8, 4) is 0 Å². The van der Waals surface area contributed by atoms with Crippen LogP contribution in [-0.2, 0) is 4.79 Å². The van der Waals surface area contributed by atoms with Crippen molar-refractivity contribution >= 4 is 35.1 Å². The molecular weight excluding hydrogens is 469 g/mol. The van der Waals surface area contributed by atoms with Gasteiger partial charge in [0.15, 0.2) is 11.6 Å². The van der Waals surface area contributed by atoms with Crippen LogP contribution in [0.25, 0.3) is 5.52 Å². The second-order valence-corrected chi connectivity index (χ2v) is 8.41. The molecule has 0 spiro atoms. The number of fused-ring (bicyclic) bond motifs is 1. The van der Waals surface area contributed by atoms with Crippen molar-refractivity contribution in [3.05, 3.63) is 65.7 Å². The van der Waals surface area contributed by atoms with Gasteiger partial charge in [-0.25, -0.2) is 13.7 Å². The number of piperazine rings is 1. The maximum atomic E-state index is 13.3. The Morgan fingerprint density at radius 3 is 2.56 bits per heavy atom. The minimum atomic E-state index is -1.34. The summed E-state index contributed by atoms with van der Waals surface area (Å²) in [5.41, 5.74) is 2.07. The first-order chi connectivity index (χ1) is 17.4. The van der Waals surface area contributed by atoms with Crippen LogP contribution < -0.4 is 15.5 Å². The highest BCUT2D eigenvalue weighted by atomic mass is 19.1. The van der Waals surface area contributed by atoms with Gasteiger partial charge < -0.3 is 25.5 Å². The molecule has 1 aromatic carbocycles. The number of hydrogen-bond donors (Lipinski definition) is 4. The molecule has 0 radical (unpaired) electrons. The summed E-state index contributed by atoms with van der Waals surface area (Å²) in [6, 6.07) is 9.70. The number of benzene rings is 1. The molecule has 4 heterocycles. The average molecular weight is 494 g/mol. The van der Waals surface area contributed by atoms with Crippen LogP contribution in [0.3, 0.4) is 0 Å². The second kappa shape index (κ2) is 9.52. The number of nitrogens with one attached hydrogen (secondary N) is 3. The quantitative estimate of drug-likeness (QED) is 0.320. The number of carbonyl (C=O) groups excluding carboxylic acids is 1. The van der Waals surface area contributed by atoms with Crippen molar-refractivity contribution < 1.29 is 19.1 Å². The third-order valence-electron chi connectivity index (χ3n) is 5.92. The van der Waals surface area contributed by atoms with Crippen LogP contribution in [0.5, 0.6) is 0 Å². The Morgan fingerprint density at radius 1 is 1.14 bits per heavy atom. The number of amides is 2. The number of H-pyrrole nitrogens is 1. The molecule has 186 valence electrons. The lowest BCUT2D eigenvalue weighted by Crippen LogP contribution is -2.52. The van der Waals surface area contributed by atoms with Crippen molar-refractivity contribution in [3.63, 3.8) is 0 Å². The van der Waals surface area contributed by atoms with Crippen molar-refractivity contribution in [1.29, 1.82) is 0 Å². The molecule has 1 saturated heterocycles. The molecule has 4 aromatic rings. The number of aromatic amines is 1. The van der Waals surface area contributed by atoms with E-state index in [-0.39, 0.29) is 0 Å². The zero-order chi connectivity index (χ0) is 25.2. The van der Waals surface area contributed by atoms with Gasteiger partial charge in [0.2, 0.25) is 11.9 Å². The smallest absolute Gasteiger partial charge is 0.405 e. The number of nitrogens with zero attached hydrogens (tertiary/aromatic N) is 6. The van der Waals surface area contributed by atoms with Crippen LogP contribution in [0.1, 0.15) is 17.3 Å². The van der Waals surface area contributed by atoms with Gasteiger partial charge in [0, 0.05) is 44.1 Å². The summed E-state index contributed by atoms with van der Waals surface area (Å²) in [5, 5.41) is 26.4. The minimum absolute atomic E-state index is 0.340. The lowest BCUT2D eigenvalue weighted by molar-refractivity contribution is -0.133. The van der Waals surface area contributed by atoms with E-state index in [1.54, 1.807) is 9.42 Å². The standard InChI is InChI=1S/C23H24FN9O3/c1-14-13-18(29-28-14)25-20-17-3-2-8-33(17)30-22(27-20)32-11-9-31(10-12-32)21(34)19(26-23(35)36)15-4-6-16(24)7-5-15/h2-8,13,19,26H,9-12H2,1H3,(H,35,36)(H2,25,27,28,29,30)/t19-/m0/s1. The highest BCUT2D eigenvalue weighted by Gasteiger charge is 2.31. The topological polar surface area (TPSA) is 144 Å². The maximum absolute atomic E-state index is 13.3. The normalized spacial score (nSPS) is 14.6. The molecule has 0 bridgehead atoms. The number of aromatic nitrogens is 5. The Kier molecular flexibility index (Phi) is 6.10. The predicted molar refractivity (Wildman–Crippen MR) is 129 cm³/mol. The maximum Gasteiger partial charge on any atom is 0.405 e. The molecule has 1 aliphatic heterocycles. The Bertz CT molecular complexity index is 1390. The van der Waals surface area contributed by atoms with Crippen LogP contribution in [0.2, 0.25) is 0 Å². The van der Waals surface area contributed by atoms with Gasteiger partial charge in [-0.2, -0.15) is 10.1 Å². The number of carboxylic acid groups (broad SMARTS) is 1. The van der Waals surface area contributed by atoms with E-state index in [1.165, 1.54) is 24.3 Å². The van der Waals surface area contributed by atoms with Crippen molar-refractivity contribution in [2.75, 3.05) is 36.4 Å². The first-order valence-corrected chi connectivity index (χ1v) is 11.3. The SMILES string of the molecule is Cc1cc(Nc2nc(N3CCN(C(=O)[C@@H](NC(=O)O)c4ccc(F)cc4)CC3)nn3cccc23)n[nH]1. The molecule has 2 amide bonds. The molecule has 4 N–H and O–H groups in total. The lowest BCUT2D eigenvalue weighted by atomic mass is 10.1. The lowest BCUT2D eigenvalue weighted by Gasteiger charge is -2.36. The fourth-order valence-electron chi connectivity index (χ4n) is 4.13. The number of carbonyl (C=O) groups is 2. The summed E-state index contributed by atoms with van der Waals surface area (Å²) < 4.78 is 15.1. The summed E-state index contributed by atoms with van der Waals surface area (Å²) in [5.74, 6) is 0.844. The molecule has 0 unspecified atom stereocenters. The molecule has 13 heteroatoms. The molecular formula is C23H24FN9O3. The van der Waals surface area contributed by atoms with Gasteiger partial charge in [0.05, 0.1) is 0 Å². The number of hydrogen-bond acceptors (Lipinski definition) is 7. The first kappa shape index (κ1) is 23.1. The van der Waals surface area contributed by atoms with Crippen molar-refractivity contribution in [2.24, 2.45) is 0 Å². The highest BCUT2D eigenvalue weighted by molar-refractivity contribution is 5.86. The third-order valence-corrected chi connectivity index (χ3v) is 5.92. The van der Waals surface area contributed by atoms with Crippen LogP contribution in [0.4, 0.5) is 26.8 Å². The van der Waals surface area contributed by atoms with Crippen molar-refractivity contribution in [1.82, 2.24) is 35.0 Å². The summed E-state index contributed by atoms with van der Waals surface area (Å²) in [7, 11) is 0. The van der Waals surface area contributed by atoms with Gasteiger partial charge in [-0.05, 0) is 36.8 Å². The van der Waals surface area contributed by atoms with Gasteiger partial charge in [-0.1, -0.05) is 12.1 Å². The Hall–Kier alpha value is -4.68. The Labute approximate surface area is 204 Å². The fraction of sp³-hybridized carbons (Fsp3) is 0.261. The third kappa shape index (κ3) is 4.76. The Morgan fingerprint density at radius 2 is 1.89 bits per heavy atom. The van der Waals surface area contributed by atoms with E-state index in [9.17, 15) is 19.1 Å². The molecule has 12 nitrogen and oxygen atoms in total. The van der Waals surface area contributed by atoms with Crippen LogP contribution in [0, 0.1) is 12.7 Å². The van der Waals surface area contributed by atoms with Gasteiger partial charge in [0.1, 0.15) is 17.4 Å². The number of halogens is 1. The summed E-state index contributed by atoms with van der Waals surface area (Å²) in [4.78, 5) is 32.8. The first-order valence-electron chi connectivity index (χ1n) is 11.3. The van der Waals surface area contributed by atoms with Crippen molar-refractivity contribution in [2.45, 2.75) is 13.0 Å². The summed E-state index contributed by atoms with van der Waals surface area (Å²) in [6.45, 7) is 3.48. The molecule has 1 atom stereocenters. The molecule has 0 saturated carbocycles. The fourth-order valence-corrected chi connectivity index (χ4v) is 4.13. The molecule has 5 rings (SSSR count). The van der Waals surface area contributed by atoms with Crippen LogP contribution in [-0.4, -0.2) is 73.0 Å². The molecule has 3 aromatic heterocycles. The van der Waals surface area contributed by atoms with Gasteiger partial charge in [-0.15, -0.1) is 5.10 Å². The van der Waals surface area contributed by atoms with Gasteiger partial charge in [-0.3, -0.25) is 9.89 Å². The summed E-state index contributed by atoms with van der Waals surface area (Å²) >= 11 is 0. The van der Waals surface area contributed by atoms with Crippen LogP contribution in [0.15, 0.2) is 48.7 Å². The average Bonchev–Trinajstić information content (AvgIpc) is 3.51. The zero-order valence-corrected chi connectivity index (χ0v) is 19.3. The van der Waals surface area contributed by atoms with E-state index in [2.05, 4.69) is 25.9 Å². The highest BCUT2D eigenvalue weighted by Crippen LogP contribution is 2.24. The van der Waals surface area contributed by atoms with E-state index in [0.717, 1.165) is 11.2 Å². The van der Waals surface area contributed by atoms with E-state index < -0.39 is 23.9 Å². The molecule has 36 heavy (non-hydrogen) atoms. The zero-order valence-electron chi connectivity index (χ0n) is 19.3. The number of aryl methyl sites for hydroxylation is 1. The van der Waals surface area contributed by atoms with Gasteiger partial charge in [0.25, 0.3) is 0 Å². The summed E-state index contributed by atoms with van der Waals surface area (Å²) in [6.07, 6.45) is 0.489. The number of rotatable bonds is 6. The molecule has 0 aliphatic carbocycles. The minimum Gasteiger partial charge on any atom is -0.465 e. The monoisotopic (exact) mass is 493 g/mol. The Balaban J connectivity index is 1.32.